The first-order valence-corrected chi connectivity index (χ1v) is 6.14. The average molecular weight is 222 g/mol. The van der Waals surface area contributed by atoms with Crippen LogP contribution in [-0.4, -0.2) is 11.9 Å². The lowest BCUT2D eigenvalue weighted by atomic mass is 9.71. The number of hydrogen-bond donors (Lipinski definition) is 0. The molecule has 0 unspecified atom stereocenters. The molecule has 3 fully saturated rings. The van der Waals surface area contributed by atoms with E-state index in [9.17, 15) is 9.59 Å². The quantitative estimate of drug-likeness (QED) is 0.466. The van der Waals surface area contributed by atoms with Crippen molar-refractivity contribution in [3.8, 4) is 0 Å². The molecule has 3 heteroatoms. The van der Waals surface area contributed by atoms with Gasteiger partial charge in [0.25, 0.3) is 0 Å². The van der Waals surface area contributed by atoms with Gasteiger partial charge in [-0.25, -0.2) is 0 Å². The zero-order valence-electron chi connectivity index (χ0n) is 10.1. The summed E-state index contributed by atoms with van der Waals surface area (Å²) in [5.41, 5.74) is -0.407. The van der Waals surface area contributed by atoms with E-state index in [1.54, 1.807) is 0 Å². The van der Waals surface area contributed by atoms with Gasteiger partial charge in [0, 0.05) is 0 Å². The van der Waals surface area contributed by atoms with Gasteiger partial charge in [-0.2, -0.15) is 0 Å². The van der Waals surface area contributed by atoms with Crippen LogP contribution >= 0.6 is 0 Å². The second-order valence-corrected chi connectivity index (χ2v) is 6.54. The summed E-state index contributed by atoms with van der Waals surface area (Å²) in [4.78, 5) is 23.8. The van der Waals surface area contributed by atoms with Crippen molar-refractivity contribution in [2.45, 2.75) is 40.0 Å². The van der Waals surface area contributed by atoms with Crippen molar-refractivity contribution in [1.82, 2.24) is 0 Å². The summed E-state index contributed by atoms with van der Waals surface area (Å²) in [6.07, 6.45) is 2.70. The van der Waals surface area contributed by atoms with E-state index in [0.717, 1.165) is 19.3 Å². The Kier molecular flexibility index (Phi) is 1.73. The average Bonchev–Trinajstić information content (AvgIpc) is 2.58. The second-order valence-electron chi connectivity index (χ2n) is 6.54. The topological polar surface area (TPSA) is 43.4 Å². The summed E-state index contributed by atoms with van der Waals surface area (Å²) in [5, 5.41) is 0. The number of ether oxygens (including phenoxy) is 1. The molecule has 3 aliphatic rings. The minimum absolute atomic E-state index is 0.0669. The largest absolute Gasteiger partial charge is 0.392 e. The van der Waals surface area contributed by atoms with Gasteiger partial charge in [-0.05, 0) is 36.5 Å². The molecule has 3 rings (SSSR count). The minimum Gasteiger partial charge on any atom is -0.392 e. The molecule has 4 atom stereocenters. The van der Waals surface area contributed by atoms with Gasteiger partial charge in [0.05, 0.1) is 11.3 Å². The van der Waals surface area contributed by atoms with E-state index in [-0.39, 0.29) is 28.7 Å². The van der Waals surface area contributed by atoms with Crippen molar-refractivity contribution in [2.75, 3.05) is 0 Å². The Balaban J connectivity index is 2.12. The van der Waals surface area contributed by atoms with Crippen LogP contribution in [0.2, 0.25) is 0 Å². The third kappa shape index (κ3) is 0.950. The lowest BCUT2D eigenvalue weighted by molar-refractivity contribution is -0.175. The van der Waals surface area contributed by atoms with Crippen molar-refractivity contribution in [3.63, 3.8) is 0 Å². The van der Waals surface area contributed by atoms with E-state index in [0.29, 0.717) is 11.8 Å². The van der Waals surface area contributed by atoms with Gasteiger partial charge in [-0.1, -0.05) is 20.8 Å². The molecule has 0 radical (unpaired) electrons. The number of fused-ring (bicyclic) bond motifs is 1. The molecule has 88 valence electrons. The molecule has 1 aliphatic heterocycles. The third-order valence-corrected chi connectivity index (χ3v) is 5.27. The van der Waals surface area contributed by atoms with E-state index >= 15 is 0 Å². The molecule has 0 aromatic rings. The second kappa shape index (κ2) is 2.69. The maximum absolute atomic E-state index is 12.1. The van der Waals surface area contributed by atoms with Crippen LogP contribution in [0.15, 0.2) is 0 Å². The van der Waals surface area contributed by atoms with E-state index in [1.807, 2.05) is 0 Å². The number of esters is 2. The predicted octanol–water partition coefficient (Wildman–Crippen LogP) is 2.15. The molecule has 0 aromatic heterocycles. The Morgan fingerprint density at radius 3 is 2.62 bits per heavy atom. The van der Waals surface area contributed by atoms with Gasteiger partial charge < -0.3 is 4.74 Å². The van der Waals surface area contributed by atoms with Crippen LogP contribution in [0.3, 0.4) is 0 Å². The fraction of sp³-hybridized carbons (Fsp3) is 0.846. The Morgan fingerprint density at radius 2 is 1.94 bits per heavy atom. The van der Waals surface area contributed by atoms with E-state index in [4.69, 9.17) is 4.74 Å². The summed E-state index contributed by atoms with van der Waals surface area (Å²) in [6, 6.07) is 0. The molecule has 0 N–H and O–H groups in total. The highest BCUT2D eigenvalue weighted by Gasteiger charge is 2.70. The van der Waals surface area contributed by atoms with Crippen LogP contribution < -0.4 is 0 Å². The molecule has 2 aliphatic carbocycles. The van der Waals surface area contributed by atoms with E-state index in [2.05, 4.69) is 20.8 Å². The highest BCUT2D eigenvalue weighted by molar-refractivity contribution is 5.95. The maximum Gasteiger partial charge on any atom is 0.320 e. The van der Waals surface area contributed by atoms with Crippen LogP contribution in [0.4, 0.5) is 0 Å². The Labute approximate surface area is 95.5 Å². The first-order valence-electron chi connectivity index (χ1n) is 6.14. The lowest BCUT2D eigenvalue weighted by Crippen LogP contribution is -2.39. The van der Waals surface area contributed by atoms with Gasteiger partial charge in [-0.15, -0.1) is 0 Å². The standard InChI is InChI=1S/C13H18O3/c1-7-4-9-12(2,3)8-6-13(9,5-7)11(15)16-10(8)14/h7-9H,4-6H2,1-3H3/t7-,8-,9+,13-/m1/s1. The van der Waals surface area contributed by atoms with Crippen LogP contribution in [0.25, 0.3) is 0 Å². The molecule has 1 heterocycles. The predicted molar refractivity (Wildman–Crippen MR) is 57.3 cm³/mol. The number of carbonyl (C=O) groups is 2. The molecule has 0 aromatic carbocycles. The normalized spacial score (nSPS) is 49.1. The number of carbonyl (C=O) groups excluding carboxylic acids is 2. The number of rotatable bonds is 0. The Hall–Kier alpha value is -0.860. The zero-order chi connectivity index (χ0) is 11.7. The van der Waals surface area contributed by atoms with Crippen molar-refractivity contribution >= 4 is 11.9 Å². The van der Waals surface area contributed by atoms with Crippen molar-refractivity contribution in [1.29, 1.82) is 0 Å². The summed E-state index contributed by atoms with van der Waals surface area (Å²) in [6.45, 7) is 6.45. The highest BCUT2D eigenvalue weighted by Crippen LogP contribution is 2.68. The molecule has 3 nitrogen and oxygen atoms in total. The summed E-state index contributed by atoms with van der Waals surface area (Å²) < 4.78 is 4.98. The van der Waals surface area contributed by atoms with Crippen molar-refractivity contribution in [3.05, 3.63) is 0 Å². The Bertz CT molecular complexity index is 385. The van der Waals surface area contributed by atoms with Crippen molar-refractivity contribution in [2.24, 2.45) is 28.6 Å². The molecule has 16 heavy (non-hydrogen) atoms. The Morgan fingerprint density at radius 1 is 1.25 bits per heavy atom. The molecule has 1 spiro atoms. The first-order chi connectivity index (χ1) is 7.38. The third-order valence-electron chi connectivity index (χ3n) is 5.27. The molecular formula is C13H18O3. The van der Waals surface area contributed by atoms with Gasteiger partial charge in [0.2, 0.25) is 0 Å². The highest BCUT2D eigenvalue weighted by atomic mass is 16.6. The zero-order valence-corrected chi connectivity index (χ0v) is 10.1. The summed E-state index contributed by atoms with van der Waals surface area (Å²) in [7, 11) is 0. The molecular weight excluding hydrogens is 204 g/mol. The fourth-order valence-electron chi connectivity index (χ4n) is 4.55. The minimum atomic E-state index is -0.332. The van der Waals surface area contributed by atoms with Crippen LogP contribution in [0.1, 0.15) is 40.0 Å². The van der Waals surface area contributed by atoms with Gasteiger partial charge in [0.15, 0.2) is 0 Å². The SMILES string of the molecule is C[C@@H]1C[C@H]2C(C)(C)[C@@H]3C[C@@]2(C1)C(=O)OC3=O. The van der Waals surface area contributed by atoms with Gasteiger partial charge in [0.1, 0.15) is 0 Å². The van der Waals surface area contributed by atoms with Crippen LogP contribution in [0.5, 0.6) is 0 Å². The fourth-order valence-corrected chi connectivity index (χ4v) is 4.55. The smallest absolute Gasteiger partial charge is 0.320 e. The van der Waals surface area contributed by atoms with Gasteiger partial charge in [-0.3, -0.25) is 9.59 Å². The molecule has 2 bridgehead atoms. The number of cyclic esters (lactones) is 2. The summed E-state index contributed by atoms with van der Waals surface area (Å²) in [5.74, 6) is 0.309. The molecule has 1 saturated heterocycles. The van der Waals surface area contributed by atoms with E-state index in [1.165, 1.54) is 0 Å². The lowest BCUT2D eigenvalue weighted by Gasteiger charge is -2.30. The van der Waals surface area contributed by atoms with Crippen LogP contribution in [-0.2, 0) is 14.3 Å². The first kappa shape index (κ1) is 10.3. The van der Waals surface area contributed by atoms with Crippen LogP contribution in [0, 0.1) is 28.6 Å². The molecule has 0 amide bonds. The van der Waals surface area contributed by atoms with Gasteiger partial charge >= 0.3 is 11.9 Å². The number of hydrogen-bond acceptors (Lipinski definition) is 3. The van der Waals surface area contributed by atoms with E-state index < -0.39 is 0 Å². The maximum atomic E-state index is 12.1. The summed E-state index contributed by atoms with van der Waals surface area (Å²) >= 11 is 0. The monoisotopic (exact) mass is 222 g/mol. The molecule has 2 saturated carbocycles. The van der Waals surface area contributed by atoms with Crippen molar-refractivity contribution < 1.29 is 14.3 Å².